The number of nitrogens with zero attached hydrogens (tertiary/aromatic N) is 2. The summed E-state index contributed by atoms with van der Waals surface area (Å²) in [6, 6.07) is 1.98. The summed E-state index contributed by atoms with van der Waals surface area (Å²) in [7, 11) is 0. The Balaban J connectivity index is 2.16. The second-order valence-corrected chi connectivity index (χ2v) is 5.33. The Hall–Kier alpha value is -1.19. The lowest BCUT2D eigenvalue weighted by atomic mass is 10.1. The van der Waals surface area contributed by atoms with E-state index in [1.807, 2.05) is 31.1 Å². The van der Waals surface area contributed by atoms with E-state index in [2.05, 4.69) is 4.72 Å². The fraction of sp³-hybridized carbons (Fsp3) is 0.600. The first kappa shape index (κ1) is 12.9. The minimum atomic E-state index is -0.481. The summed E-state index contributed by atoms with van der Waals surface area (Å²) in [6.45, 7) is 6.85. The van der Waals surface area contributed by atoms with Gasteiger partial charge in [0, 0.05) is 31.3 Å². The van der Waals surface area contributed by atoms with Gasteiger partial charge in [-0.3, -0.25) is 4.72 Å². The lowest BCUT2D eigenvalue weighted by molar-refractivity contribution is 0.0572. The number of nitriles is 1. The largest absolute Gasteiger partial charge is 0.443 e. The molecule has 88 valence electrons. The van der Waals surface area contributed by atoms with Crippen molar-refractivity contribution < 1.29 is 9.53 Å². The number of hydrogen-bond donors (Lipinski definition) is 1. The van der Waals surface area contributed by atoms with Crippen LogP contribution < -0.4 is 4.72 Å². The number of nitrogens with one attached hydrogen (secondary N) is 1. The maximum Gasteiger partial charge on any atom is 0.418 e. The lowest BCUT2D eigenvalue weighted by Crippen LogP contribution is -2.39. The van der Waals surface area contributed by atoms with Crippen molar-refractivity contribution in [2.24, 2.45) is 0 Å². The molecule has 5 nitrogen and oxygen atoms in total. The third kappa shape index (κ3) is 4.55. The fourth-order valence-corrected chi connectivity index (χ4v) is 1.76. The molecular formula is C10H15N3O2S. The van der Waals surface area contributed by atoms with Gasteiger partial charge in [0.15, 0.2) is 0 Å². The van der Waals surface area contributed by atoms with Gasteiger partial charge in [-0.05, 0) is 26.3 Å². The lowest BCUT2D eigenvalue weighted by Gasteiger charge is -2.31. The second kappa shape index (κ2) is 5.23. The van der Waals surface area contributed by atoms with Crippen molar-refractivity contribution >= 4 is 18.2 Å². The summed E-state index contributed by atoms with van der Waals surface area (Å²) in [6.07, 6.45) is 1.08. The average Bonchev–Trinajstić information content (AvgIpc) is 2.05. The van der Waals surface area contributed by atoms with Crippen LogP contribution in [0.25, 0.3) is 0 Å². The van der Waals surface area contributed by atoms with E-state index in [0.29, 0.717) is 13.1 Å². The molecule has 1 aliphatic rings. The number of amides is 1. The molecular weight excluding hydrogens is 226 g/mol. The zero-order valence-electron chi connectivity index (χ0n) is 9.61. The molecule has 1 heterocycles. The molecule has 0 saturated carbocycles. The molecule has 0 radical (unpaired) electrons. The normalized spacial score (nSPS) is 16.0. The van der Waals surface area contributed by atoms with Crippen LogP contribution in [-0.2, 0) is 4.74 Å². The van der Waals surface area contributed by atoms with Gasteiger partial charge in [0.25, 0.3) is 0 Å². The van der Waals surface area contributed by atoms with Crippen LogP contribution in [0.3, 0.4) is 0 Å². The molecule has 0 aliphatic carbocycles. The van der Waals surface area contributed by atoms with E-state index in [9.17, 15) is 4.79 Å². The molecule has 0 aromatic heterocycles. The molecule has 0 aromatic carbocycles. The zero-order valence-corrected chi connectivity index (χ0v) is 10.4. The number of ether oxygens (including phenoxy) is 1. The standard InChI is InChI=1S/C10H15N3O2S/c1-10(2,3)15-9(14)12-16-13-6-8(7-13)4-5-11/h4H,6-7H2,1-3H3,(H,12,14). The molecule has 6 heteroatoms. The SMILES string of the molecule is CC(C)(C)OC(=O)NSN1CC(=CC#N)C1. The minimum absolute atomic E-state index is 0.449. The Kier molecular flexibility index (Phi) is 4.21. The van der Waals surface area contributed by atoms with E-state index in [-0.39, 0.29) is 0 Å². The third-order valence-electron chi connectivity index (χ3n) is 1.68. The summed E-state index contributed by atoms with van der Waals surface area (Å²) in [4.78, 5) is 11.3. The van der Waals surface area contributed by atoms with Gasteiger partial charge in [0.2, 0.25) is 0 Å². The molecule has 1 saturated heterocycles. The maximum absolute atomic E-state index is 11.3. The van der Waals surface area contributed by atoms with Crippen molar-refractivity contribution in [2.75, 3.05) is 13.1 Å². The number of rotatable bonds is 2. The van der Waals surface area contributed by atoms with Crippen LogP contribution in [0.4, 0.5) is 4.79 Å². The molecule has 16 heavy (non-hydrogen) atoms. The predicted molar refractivity (Wildman–Crippen MR) is 62.2 cm³/mol. The van der Waals surface area contributed by atoms with Crippen LogP contribution in [0.1, 0.15) is 20.8 Å². The smallest absolute Gasteiger partial charge is 0.418 e. The number of carbonyl (C=O) groups is 1. The highest BCUT2D eigenvalue weighted by Gasteiger charge is 2.23. The average molecular weight is 241 g/mol. The van der Waals surface area contributed by atoms with E-state index in [0.717, 1.165) is 5.57 Å². The molecule has 1 fully saturated rings. The van der Waals surface area contributed by atoms with Gasteiger partial charge in [-0.1, -0.05) is 0 Å². The van der Waals surface area contributed by atoms with E-state index >= 15 is 0 Å². The van der Waals surface area contributed by atoms with Gasteiger partial charge in [-0.2, -0.15) is 5.26 Å². The van der Waals surface area contributed by atoms with Crippen LogP contribution in [0.5, 0.6) is 0 Å². The van der Waals surface area contributed by atoms with Gasteiger partial charge in [0.1, 0.15) is 5.60 Å². The van der Waals surface area contributed by atoms with Gasteiger partial charge in [-0.15, -0.1) is 0 Å². The van der Waals surface area contributed by atoms with E-state index in [1.54, 1.807) is 0 Å². The summed E-state index contributed by atoms with van der Waals surface area (Å²) in [5.41, 5.74) is 0.590. The molecule has 1 rings (SSSR count). The Morgan fingerprint density at radius 3 is 2.75 bits per heavy atom. The first-order valence-electron chi connectivity index (χ1n) is 4.89. The minimum Gasteiger partial charge on any atom is -0.443 e. The van der Waals surface area contributed by atoms with Crippen molar-refractivity contribution in [2.45, 2.75) is 26.4 Å². The molecule has 0 atom stereocenters. The van der Waals surface area contributed by atoms with E-state index in [1.165, 1.54) is 18.2 Å². The Labute approximate surface area is 99.7 Å². The summed E-state index contributed by atoms with van der Waals surface area (Å²) in [5, 5.41) is 8.39. The molecule has 0 spiro atoms. The van der Waals surface area contributed by atoms with Gasteiger partial charge in [-0.25, -0.2) is 9.10 Å². The molecule has 1 N–H and O–H groups in total. The van der Waals surface area contributed by atoms with E-state index < -0.39 is 11.7 Å². The monoisotopic (exact) mass is 241 g/mol. The van der Waals surface area contributed by atoms with Crippen LogP contribution in [0.15, 0.2) is 11.6 Å². The van der Waals surface area contributed by atoms with Crippen LogP contribution in [0, 0.1) is 11.3 Å². The summed E-state index contributed by atoms with van der Waals surface area (Å²) < 4.78 is 9.57. The maximum atomic E-state index is 11.3. The fourth-order valence-electron chi connectivity index (χ4n) is 1.05. The Morgan fingerprint density at radius 1 is 1.62 bits per heavy atom. The molecule has 0 bridgehead atoms. The quantitative estimate of drug-likeness (QED) is 0.590. The highest BCUT2D eigenvalue weighted by Crippen LogP contribution is 2.21. The molecule has 1 aliphatic heterocycles. The van der Waals surface area contributed by atoms with Crippen LogP contribution in [0.2, 0.25) is 0 Å². The zero-order chi connectivity index (χ0) is 12.2. The Bertz CT molecular complexity index is 333. The molecule has 0 aromatic rings. The van der Waals surface area contributed by atoms with E-state index in [4.69, 9.17) is 10.00 Å². The first-order valence-corrected chi connectivity index (χ1v) is 5.66. The first-order chi connectivity index (χ1) is 7.40. The van der Waals surface area contributed by atoms with Crippen molar-refractivity contribution in [3.05, 3.63) is 11.6 Å². The second-order valence-electron chi connectivity index (χ2n) is 4.42. The summed E-state index contributed by atoms with van der Waals surface area (Å²) in [5.74, 6) is 0. The number of carbonyl (C=O) groups excluding carboxylic acids is 1. The predicted octanol–water partition coefficient (Wildman–Crippen LogP) is 1.84. The highest BCUT2D eigenvalue weighted by atomic mass is 32.2. The van der Waals surface area contributed by atoms with Crippen molar-refractivity contribution in [3.8, 4) is 6.07 Å². The van der Waals surface area contributed by atoms with Gasteiger partial charge < -0.3 is 4.74 Å². The number of hydrogen-bond acceptors (Lipinski definition) is 5. The molecule has 1 amide bonds. The molecule has 0 unspecified atom stereocenters. The highest BCUT2D eigenvalue weighted by molar-refractivity contribution is 7.95. The third-order valence-corrected chi connectivity index (χ3v) is 2.46. The van der Waals surface area contributed by atoms with Crippen molar-refractivity contribution in [1.29, 1.82) is 5.26 Å². The van der Waals surface area contributed by atoms with Crippen LogP contribution in [-0.4, -0.2) is 29.1 Å². The van der Waals surface area contributed by atoms with Gasteiger partial charge >= 0.3 is 6.09 Å². The van der Waals surface area contributed by atoms with Crippen molar-refractivity contribution in [1.82, 2.24) is 9.03 Å². The Morgan fingerprint density at radius 2 is 2.25 bits per heavy atom. The van der Waals surface area contributed by atoms with Crippen molar-refractivity contribution in [3.63, 3.8) is 0 Å². The number of allylic oxidation sites excluding steroid dienone is 1. The van der Waals surface area contributed by atoms with Gasteiger partial charge in [0.05, 0.1) is 6.07 Å². The summed E-state index contributed by atoms with van der Waals surface area (Å²) >= 11 is 1.20. The topological polar surface area (TPSA) is 65.4 Å². The van der Waals surface area contributed by atoms with Crippen LogP contribution >= 0.6 is 12.1 Å².